The van der Waals surface area contributed by atoms with E-state index in [9.17, 15) is 4.39 Å². The van der Waals surface area contributed by atoms with Gasteiger partial charge in [-0.05, 0) is 25.1 Å². The molecule has 88 valence electrons. The van der Waals surface area contributed by atoms with Crippen molar-refractivity contribution in [3.05, 3.63) is 45.9 Å². The lowest BCUT2D eigenvalue weighted by molar-refractivity contribution is 0.627. The van der Waals surface area contributed by atoms with Gasteiger partial charge in [-0.3, -0.25) is 0 Å². The van der Waals surface area contributed by atoms with Crippen LogP contribution in [0.3, 0.4) is 0 Å². The Morgan fingerprint density at radius 1 is 1.53 bits per heavy atom. The van der Waals surface area contributed by atoms with Crippen molar-refractivity contribution in [1.29, 1.82) is 0 Å². The van der Waals surface area contributed by atoms with Crippen molar-refractivity contribution in [3.8, 4) is 0 Å². The number of hydrogen-bond donors (Lipinski definition) is 1. The summed E-state index contributed by atoms with van der Waals surface area (Å²) in [6.45, 7) is 1.82. The fraction of sp³-hybridized carbons (Fsp3) is 0.0909. The molecule has 0 aliphatic heterocycles. The van der Waals surface area contributed by atoms with Gasteiger partial charge >= 0.3 is 0 Å². The molecule has 0 unspecified atom stereocenters. The number of nitrogen functional groups attached to an aromatic ring is 1. The molecule has 0 spiro atoms. The number of nitrogens with zero attached hydrogens (tertiary/aromatic N) is 3. The van der Waals surface area contributed by atoms with Crippen molar-refractivity contribution in [1.82, 2.24) is 9.66 Å². The molecule has 2 aromatic rings. The minimum absolute atomic E-state index is 0.297. The zero-order chi connectivity index (χ0) is 12.4. The molecule has 0 fully saturated rings. The maximum absolute atomic E-state index is 13.0. The van der Waals surface area contributed by atoms with Crippen molar-refractivity contribution in [2.75, 3.05) is 5.73 Å². The first-order valence-corrected chi connectivity index (χ1v) is 5.66. The largest absolute Gasteiger partial charge is 0.368 e. The quantitative estimate of drug-likeness (QED) is 0.866. The van der Waals surface area contributed by atoms with Crippen molar-refractivity contribution < 1.29 is 4.39 Å². The molecule has 6 heteroatoms. The molecule has 17 heavy (non-hydrogen) atoms. The Labute approximate surface area is 106 Å². The van der Waals surface area contributed by atoms with Gasteiger partial charge in [-0.25, -0.2) is 14.1 Å². The third-order valence-corrected chi connectivity index (χ3v) is 2.84. The van der Waals surface area contributed by atoms with Gasteiger partial charge < -0.3 is 5.73 Å². The summed E-state index contributed by atoms with van der Waals surface area (Å²) in [6, 6.07) is 4.38. The number of hydrogen-bond acceptors (Lipinski definition) is 3. The normalized spacial score (nSPS) is 11.2. The Hall–Kier alpha value is -1.69. The monoisotopic (exact) mass is 296 g/mol. The molecule has 4 nitrogen and oxygen atoms in total. The van der Waals surface area contributed by atoms with E-state index in [2.05, 4.69) is 26.0 Å². The number of anilines is 1. The molecule has 1 aromatic heterocycles. The number of benzene rings is 1. The topological polar surface area (TPSA) is 56.2 Å². The summed E-state index contributed by atoms with van der Waals surface area (Å²) in [7, 11) is 0. The van der Waals surface area contributed by atoms with Gasteiger partial charge in [0.05, 0.1) is 18.1 Å². The van der Waals surface area contributed by atoms with E-state index in [4.69, 9.17) is 5.73 Å². The third-order valence-electron chi connectivity index (χ3n) is 2.11. The van der Waals surface area contributed by atoms with E-state index >= 15 is 0 Å². The van der Waals surface area contributed by atoms with Crippen LogP contribution < -0.4 is 5.73 Å². The molecule has 0 aliphatic rings. The van der Waals surface area contributed by atoms with Crippen LogP contribution in [0.2, 0.25) is 0 Å². The number of aromatic nitrogens is 2. The van der Waals surface area contributed by atoms with Gasteiger partial charge in [0, 0.05) is 10.0 Å². The van der Waals surface area contributed by atoms with Gasteiger partial charge in [0.2, 0.25) is 5.95 Å². The van der Waals surface area contributed by atoms with Gasteiger partial charge in [0.1, 0.15) is 5.82 Å². The smallest absolute Gasteiger partial charge is 0.221 e. The van der Waals surface area contributed by atoms with Crippen LogP contribution in [0.15, 0.2) is 34.0 Å². The van der Waals surface area contributed by atoms with E-state index in [0.717, 1.165) is 10.2 Å². The zero-order valence-electron chi connectivity index (χ0n) is 9.06. The number of aryl methyl sites for hydroxylation is 1. The van der Waals surface area contributed by atoms with Gasteiger partial charge in [-0.15, -0.1) is 0 Å². The zero-order valence-corrected chi connectivity index (χ0v) is 10.6. The van der Waals surface area contributed by atoms with E-state index < -0.39 is 0 Å². The fourth-order valence-electron chi connectivity index (χ4n) is 1.33. The lowest BCUT2D eigenvalue weighted by Crippen LogP contribution is -1.97. The Morgan fingerprint density at radius 2 is 2.29 bits per heavy atom. The van der Waals surface area contributed by atoms with Gasteiger partial charge in [-0.2, -0.15) is 5.10 Å². The summed E-state index contributed by atoms with van der Waals surface area (Å²) in [6.07, 6.45) is 3.21. The summed E-state index contributed by atoms with van der Waals surface area (Å²) in [5.74, 6) is -0.0179. The maximum Gasteiger partial charge on any atom is 0.221 e. The Morgan fingerprint density at radius 3 is 2.94 bits per heavy atom. The molecule has 1 heterocycles. The second-order valence-electron chi connectivity index (χ2n) is 3.50. The minimum atomic E-state index is -0.315. The predicted molar refractivity (Wildman–Crippen MR) is 68.5 cm³/mol. The summed E-state index contributed by atoms with van der Waals surface area (Å²) >= 11 is 3.31. The standard InChI is InChI=1S/C11H10BrFN4/c1-7-6-17(11(14)16-7)15-5-8-4-9(13)2-3-10(8)12/h2-6H,1H3,(H2,14,16). The highest BCUT2D eigenvalue weighted by Crippen LogP contribution is 2.16. The highest BCUT2D eigenvalue weighted by Gasteiger charge is 2.01. The second kappa shape index (κ2) is 4.67. The summed E-state index contributed by atoms with van der Waals surface area (Å²) in [5, 5.41) is 4.11. The molecular weight excluding hydrogens is 287 g/mol. The average molecular weight is 297 g/mol. The predicted octanol–water partition coefficient (Wildman–Crippen LogP) is 2.56. The summed E-state index contributed by atoms with van der Waals surface area (Å²) < 4.78 is 15.2. The van der Waals surface area contributed by atoms with Crippen LogP contribution in [0.4, 0.5) is 10.3 Å². The first-order valence-electron chi connectivity index (χ1n) is 4.87. The van der Waals surface area contributed by atoms with Crippen LogP contribution in [0, 0.1) is 12.7 Å². The van der Waals surface area contributed by atoms with Crippen LogP contribution in [-0.2, 0) is 0 Å². The van der Waals surface area contributed by atoms with Crippen molar-refractivity contribution >= 4 is 28.1 Å². The van der Waals surface area contributed by atoms with Crippen molar-refractivity contribution in [2.24, 2.45) is 5.10 Å². The van der Waals surface area contributed by atoms with E-state index in [0.29, 0.717) is 11.5 Å². The van der Waals surface area contributed by atoms with Gasteiger partial charge in [0.25, 0.3) is 0 Å². The molecule has 1 aromatic carbocycles. The summed E-state index contributed by atoms with van der Waals surface area (Å²) in [4.78, 5) is 4.00. The molecule has 0 saturated carbocycles. The van der Waals surface area contributed by atoms with Gasteiger partial charge in [-0.1, -0.05) is 15.9 Å². The van der Waals surface area contributed by atoms with Crippen LogP contribution in [0.5, 0.6) is 0 Å². The average Bonchev–Trinajstić information content (AvgIpc) is 2.59. The van der Waals surface area contributed by atoms with Crippen LogP contribution >= 0.6 is 15.9 Å². The number of imidazole rings is 1. The lowest BCUT2D eigenvalue weighted by atomic mass is 10.2. The molecule has 0 saturated heterocycles. The SMILES string of the molecule is Cc1cn(N=Cc2cc(F)ccc2Br)c(N)n1. The molecule has 2 rings (SSSR count). The highest BCUT2D eigenvalue weighted by molar-refractivity contribution is 9.10. The Kier molecular flexibility index (Phi) is 3.23. The minimum Gasteiger partial charge on any atom is -0.368 e. The van der Waals surface area contributed by atoms with Crippen LogP contribution in [0.1, 0.15) is 11.3 Å². The third kappa shape index (κ3) is 2.71. The first kappa shape index (κ1) is 11.8. The van der Waals surface area contributed by atoms with E-state index in [1.54, 1.807) is 12.3 Å². The van der Waals surface area contributed by atoms with E-state index in [1.807, 2.05) is 6.92 Å². The Bertz CT molecular complexity index is 577. The molecule has 2 N–H and O–H groups in total. The van der Waals surface area contributed by atoms with Crippen molar-refractivity contribution in [3.63, 3.8) is 0 Å². The molecule has 0 radical (unpaired) electrons. The molecular formula is C11H10BrFN4. The maximum atomic E-state index is 13.0. The second-order valence-corrected chi connectivity index (χ2v) is 4.35. The van der Waals surface area contributed by atoms with E-state index in [1.165, 1.54) is 23.0 Å². The molecule has 0 aliphatic carbocycles. The first-order chi connectivity index (χ1) is 8.06. The fourth-order valence-corrected chi connectivity index (χ4v) is 1.68. The Balaban J connectivity index is 2.31. The number of rotatable bonds is 2. The molecule has 0 bridgehead atoms. The molecule has 0 atom stereocenters. The van der Waals surface area contributed by atoms with Crippen molar-refractivity contribution in [2.45, 2.75) is 6.92 Å². The highest BCUT2D eigenvalue weighted by atomic mass is 79.9. The molecule has 0 amide bonds. The summed E-state index contributed by atoms with van der Waals surface area (Å²) in [5.41, 5.74) is 7.04. The van der Waals surface area contributed by atoms with Crippen LogP contribution in [-0.4, -0.2) is 15.9 Å². The van der Waals surface area contributed by atoms with Crippen LogP contribution in [0.25, 0.3) is 0 Å². The number of nitrogens with two attached hydrogens (primary N) is 1. The lowest BCUT2D eigenvalue weighted by Gasteiger charge is -1.98. The van der Waals surface area contributed by atoms with E-state index in [-0.39, 0.29) is 5.82 Å². The number of halogens is 2. The van der Waals surface area contributed by atoms with Gasteiger partial charge in [0.15, 0.2) is 0 Å².